The molecule has 6 nitrogen and oxygen atoms in total. The summed E-state index contributed by atoms with van der Waals surface area (Å²) in [4.78, 5) is 23.3. The third kappa shape index (κ3) is 5.44. The molecule has 0 atom stereocenters. The Morgan fingerprint density at radius 1 is 1.27 bits per heavy atom. The Morgan fingerprint density at radius 3 is 2.77 bits per heavy atom. The van der Waals surface area contributed by atoms with Gasteiger partial charge in [0.25, 0.3) is 5.91 Å². The van der Waals surface area contributed by atoms with Crippen molar-refractivity contribution in [2.45, 2.75) is 33.1 Å². The van der Waals surface area contributed by atoms with Gasteiger partial charge in [0, 0.05) is 26.2 Å². The van der Waals surface area contributed by atoms with Gasteiger partial charge in [0.05, 0.1) is 7.11 Å². The molecule has 0 radical (unpaired) electrons. The van der Waals surface area contributed by atoms with Crippen LogP contribution in [0.1, 0.15) is 41.6 Å². The van der Waals surface area contributed by atoms with Gasteiger partial charge in [-0.1, -0.05) is 31.5 Å². The molecule has 1 aromatic heterocycles. The van der Waals surface area contributed by atoms with E-state index in [1.807, 2.05) is 38.2 Å². The van der Waals surface area contributed by atoms with Crippen LogP contribution in [0, 0.1) is 6.92 Å². The van der Waals surface area contributed by atoms with Crippen LogP contribution in [0.3, 0.4) is 0 Å². The Balaban J connectivity index is 1.99. The van der Waals surface area contributed by atoms with Gasteiger partial charge in [0.2, 0.25) is 0 Å². The first-order valence-electron chi connectivity index (χ1n) is 9.02. The Labute approximate surface area is 155 Å². The van der Waals surface area contributed by atoms with Crippen molar-refractivity contribution in [3.05, 3.63) is 47.4 Å². The number of unbranched alkanes of at least 4 members (excludes halogenated alkanes) is 1. The SMILES string of the molecule is CCCCN(C)c1cc(C(=O)NCCc2ccccc2OC)nc(C)n1. The highest BCUT2D eigenvalue weighted by atomic mass is 16.5. The van der Waals surface area contributed by atoms with E-state index in [-0.39, 0.29) is 5.91 Å². The predicted molar refractivity (Wildman–Crippen MR) is 104 cm³/mol. The van der Waals surface area contributed by atoms with Crippen molar-refractivity contribution in [3.8, 4) is 5.75 Å². The summed E-state index contributed by atoms with van der Waals surface area (Å²) >= 11 is 0. The summed E-state index contributed by atoms with van der Waals surface area (Å²) in [5.74, 6) is 2.02. The first kappa shape index (κ1) is 19.7. The molecule has 140 valence electrons. The lowest BCUT2D eigenvalue weighted by atomic mass is 10.1. The summed E-state index contributed by atoms with van der Waals surface area (Å²) in [6, 6.07) is 9.57. The highest BCUT2D eigenvalue weighted by molar-refractivity contribution is 5.92. The van der Waals surface area contributed by atoms with Gasteiger partial charge in [-0.3, -0.25) is 4.79 Å². The largest absolute Gasteiger partial charge is 0.496 e. The average molecular weight is 356 g/mol. The van der Waals surface area contributed by atoms with E-state index >= 15 is 0 Å². The number of hydrogen-bond donors (Lipinski definition) is 1. The minimum Gasteiger partial charge on any atom is -0.496 e. The standard InChI is InChI=1S/C20H28N4O2/c1-5-6-13-24(3)19-14-17(22-15(2)23-19)20(25)21-12-11-16-9-7-8-10-18(16)26-4/h7-10,14H,5-6,11-13H2,1-4H3,(H,21,25). The van der Waals surface area contributed by atoms with E-state index in [2.05, 4.69) is 27.1 Å². The van der Waals surface area contributed by atoms with E-state index in [0.717, 1.165) is 36.5 Å². The molecule has 1 amide bonds. The zero-order valence-corrected chi connectivity index (χ0v) is 16.1. The van der Waals surface area contributed by atoms with Gasteiger partial charge < -0.3 is 15.0 Å². The highest BCUT2D eigenvalue weighted by Gasteiger charge is 2.12. The fourth-order valence-electron chi connectivity index (χ4n) is 2.68. The number of para-hydroxylation sites is 1. The van der Waals surface area contributed by atoms with Crippen LogP contribution < -0.4 is 15.0 Å². The van der Waals surface area contributed by atoms with Crippen LogP contribution in [-0.4, -0.2) is 43.1 Å². The number of aromatic nitrogens is 2. The number of hydrogen-bond acceptors (Lipinski definition) is 5. The van der Waals surface area contributed by atoms with E-state index in [4.69, 9.17) is 4.74 Å². The van der Waals surface area contributed by atoms with Crippen molar-refractivity contribution < 1.29 is 9.53 Å². The fourth-order valence-corrected chi connectivity index (χ4v) is 2.68. The number of amides is 1. The summed E-state index contributed by atoms with van der Waals surface area (Å²) in [6.45, 7) is 5.38. The van der Waals surface area contributed by atoms with Crippen LogP contribution in [0.2, 0.25) is 0 Å². The Bertz CT molecular complexity index is 734. The third-order valence-corrected chi connectivity index (χ3v) is 4.17. The molecule has 0 bridgehead atoms. The van der Waals surface area contributed by atoms with Crippen molar-refractivity contribution in [2.75, 3.05) is 32.1 Å². The number of nitrogens with zero attached hydrogens (tertiary/aromatic N) is 3. The molecule has 2 rings (SSSR count). The van der Waals surface area contributed by atoms with Gasteiger partial charge in [-0.2, -0.15) is 0 Å². The molecule has 0 fully saturated rings. The van der Waals surface area contributed by atoms with Crippen LogP contribution in [-0.2, 0) is 6.42 Å². The summed E-state index contributed by atoms with van der Waals surface area (Å²) in [5, 5.41) is 2.93. The highest BCUT2D eigenvalue weighted by Crippen LogP contribution is 2.17. The number of methoxy groups -OCH3 is 1. The van der Waals surface area contributed by atoms with Gasteiger partial charge in [0.1, 0.15) is 23.1 Å². The second-order valence-corrected chi connectivity index (χ2v) is 6.25. The molecule has 0 aliphatic rings. The molecule has 0 aliphatic carbocycles. The van der Waals surface area contributed by atoms with Crippen molar-refractivity contribution in [3.63, 3.8) is 0 Å². The monoisotopic (exact) mass is 356 g/mol. The van der Waals surface area contributed by atoms with E-state index < -0.39 is 0 Å². The van der Waals surface area contributed by atoms with Gasteiger partial charge in [-0.05, 0) is 31.4 Å². The molecular weight excluding hydrogens is 328 g/mol. The Hall–Kier alpha value is -2.63. The van der Waals surface area contributed by atoms with E-state index in [0.29, 0.717) is 24.5 Å². The maximum atomic E-state index is 12.5. The third-order valence-electron chi connectivity index (χ3n) is 4.17. The zero-order valence-electron chi connectivity index (χ0n) is 16.1. The van der Waals surface area contributed by atoms with Crippen molar-refractivity contribution in [1.82, 2.24) is 15.3 Å². The molecule has 6 heteroatoms. The van der Waals surface area contributed by atoms with Crippen molar-refractivity contribution >= 4 is 11.7 Å². The van der Waals surface area contributed by atoms with Gasteiger partial charge in [0.15, 0.2) is 0 Å². The van der Waals surface area contributed by atoms with E-state index in [1.165, 1.54) is 0 Å². The number of anilines is 1. The number of benzene rings is 1. The number of aryl methyl sites for hydroxylation is 1. The smallest absolute Gasteiger partial charge is 0.270 e. The molecule has 1 heterocycles. The maximum Gasteiger partial charge on any atom is 0.270 e. The molecular formula is C20H28N4O2. The molecule has 2 aromatic rings. The first-order valence-corrected chi connectivity index (χ1v) is 9.02. The second-order valence-electron chi connectivity index (χ2n) is 6.25. The molecule has 0 saturated carbocycles. The lowest BCUT2D eigenvalue weighted by Crippen LogP contribution is -2.28. The summed E-state index contributed by atoms with van der Waals surface area (Å²) in [6.07, 6.45) is 2.90. The van der Waals surface area contributed by atoms with Gasteiger partial charge in [-0.15, -0.1) is 0 Å². The second kappa shape index (κ2) is 9.75. The average Bonchev–Trinajstić information content (AvgIpc) is 2.65. The predicted octanol–water partition coefficient (Wildman–Crippen LogP) is 3.00. The van der Waals surface area contributed by atoms with E-state index in [9.17, 15) is 4.79 Å². The van der Waals surface area contributed by atoms with Crippen LogP contribution in [0.15, 0.2) is 30.3 Å². The van der Waals surface area contributed by atoms with Crippen molar-refractivity contribution in [2.24, 2.45) is 0 Å². The van der Waals surface area contributed by atoms with Gasteiger partial charge >= 0.3 is 0 Å². The lowest BCUT2D eigenvalue weighted by Gasteiger charge is -2.18. The molecule has 0 spiro atoms. The molecule has 1 N–H and O–H groups in total. The number of rotatable bonds is 9. The maximum absolute atomic E-state index is 12.5. The lowest BCUT2D eigenvalue weighted by molar-refractivity contribution is 0.0948. The number of nitrogens with one attached hydrogen (secondary N) is 1. The zero-order chi connectivity index (χ0) is 18.9. The van der Waals surface area contributed by atoms with Crippen LogP contribution in [0.5, 0.6) is 5.75 Å². The summed E-state index contributed by atoms with van der Waals surface area (Å²) in [7, 11) is 3.64. The fraction of sp³-hybridized carbons (Fsp3) is 0.450. The van der Waals surface area contributed by atoms with Crippen LogP contribution in [0.25, 0.3) is 0 Å². The normalized spacial score (nSPS) is 10.5. The molecule has 0 unspecified atom stereocenters. The summed E-state index contributed by atoms with van der Waals surface area (Å²) in [5.41, 5.74) is 1.46. The molecule has 26 heavy (non-hydrogen) atoms. The van der Waals surface area contributed by atoms with Crippen molar-refractivity contribution in [1.29, 1.82) is 0 Å². The quantitative estimate of drug-likeness (QED) is 0.748. The first-order chi connectivity index (χ1) is 12.5. The molecule has 0 aliphatic heterocycles. The summed E-state index contributed by atoms with van der Waals surface area (Å²) < 4.78 is 5.34. The molecule has 0 saturated heterocycles. The Morgan fingerprint density at radius 2 is 2.04 bits per heavy atom. The van der Waals surface area contributed by atoms with E-state index in [1.54, 1.807) is 13.2 Å². The number of ether oxygens (including phenoxy) is 1. The minimum absolute atomic E-state index is 0.185. The Kier molecular flexibility index (Phi) is 7.38. The van der Waals surface area contributed by atoms with Crippen LogP contribution in [0.4, 0.5) is 5.82 Å². The van der Waals surface area contributed by atoms with Gasteiger partial charge in [-0.25, -0.2) is 9.97 Å². The topological polar surface area (TPSA) is 67.4 Å². The minimum atomic E-state index is -0.185. The number of carbonyl (C=O) groups excluding carboxylic acids is 1. The number of carbonyl (C=O) groups is 1. The molecule has 1 aromatic carbocycles. The van der Waals surface area contributed by atoms with Crippen LogP contribution >= 0.6 is 0 Å².